The Labute approximate surface area is 71.3 Å². The predicted molar refractivity (Wildman–Crippen MR) is 45.5 cm³/mol. The summed E-state index contributed by atoms with van der Waals surface area (Å²) < 4.78 is 4.34. The maximum atomic E-state index is 3.39. The monoisotopic (exact) mass is 251 g/mol. The average molecular weight is 253 g/mol. The van der Waals surface area contributed by atoms with Crippen LogP contribution in [-0.4, -0.2) is 4.57 Å². The lowest BCUT2D eigenvalue weighted by Crippen LogP contribution is -1.85. The lowest BCUT2D eigenvalue weighted by Gasteiger charge is -1.90. The molecule has 9 heavy (non-hydrogen) atoms. The van der Waals surface area contributed by atoms with Crippen molar-refractivity contribution in [2.24, 2.45) is 0 Å². The highest BCUT2D eigenvalue weighted by Gasteiger charge is 1.96. The van der Waals surface area contributed by atoms with Crippen molar-refractivity contribution in [3.8, 4) is 0 Å². The molecule has 3 heteroatoms. The van der Waals surface area contributed by atoms with Gasteiger partial charge in [0.15, 0.2) is 0 Å². The first kappa shape index (κ1) is 7.35. The Kier molecular flexibility index (Phi) is 2.35. The molecule has 1 aromatic rings. The van der Waals surface area contributed by atoms with E-state index in [1.807, 2.05) is 12.4 Å². The molecule has 0 aromatic carbocycles. The lowest BCUT2D eigenvalue weighted by atomic mass is 10.7. The molecule has 0 spiro atoms. The summed E-state index contributed by atoms with van der Waals surface area (Å²) in [6, 6.07) is 0. The summed E-state index contributed by atoms with van der Waals surface area (Å²) in [5.41, 5.74) is 0. The molecule has 0 aliphatic carbocycles. The molecule has 0 amide bonds. The van der Waals surface area contributed by atoms with Gasteiger partial charge in [0.1, 0.15) is 0 Å². The van der Waals surface area contributed by atoms with Crippen LogP contribution in [0.15, 0.2) is 21.3 Å². The van der Waals surface area contributed by atoms with Gasteiger partial charge in [-0.05, 0) is 38.8 Å². The van der Waals surface area contributed by atoms with Crippen molar-refractivity contribution < 1.29 is 0 Å². The highest BCUT2D eigenvalue weighted by molar-refractivity contribution is 9.13. The molecule has 0 saturated carbocycles. The third-order valence-corrected chi connectivity index (χ3v) is 2.95. The number of aryl methyl sites for hydroxylation is 1. The number of aromatic nitrogens is 1. The molecule has 0 aliphatic rings. The van der Waals surface area contributed by atoms with Crippen molar-refractivity contribution in [1.29, 1.82) is 0 Å². The quantitative estimate of drug-likeness (QED) is 0.724. The average Bonchev–Trinajstić information content (AvgIpc) is 2.13. The van der Waals surface area contributed by atoms with Gasteiger partial charge in [0.2, 0.25) is 0 Å². The van der Waals surface area contributed by atoms with E-state index in [1.54, 1.807) is 0 Å². The second kappa shape index (κ2) is 2.88. The van der Waals surface area contributed by atoms with Crippen molar-refractivity contribution in [2.75, 3.05) is 0 Å². The summed E-state index contributed by atoms with van der Waals surface area (Å²) in [6.07, 6.45) is 4.09. The van der Waals surface area contributed by atoms with Crippen LogP contribution in [0.4, 0.5) is 0 Å². The van der Waals surface area contributed by atoms with Gasteiger partial charge in [0.25, 0.3) is 0 Å². The standard InChI is InChI=1S/C6H7Br2N/c1-2-9-3-5(7)6(8)4-9/h3-4H,2H2,1H3. The van der Waals surface area contributed by atoms with E-state index < -0.39 is 0 Å². The highest BCUT2D eigenvalue weighted by atomic mass is 79.9. The molecule has 1 heterocycles. The van der Waals surface area contributed by atoms with Crippen LogP contribution >= 0.6 is 31.9 Å². The molecule has 0 atom stereocenters. The Morgan fingerprint density at radius 3 is 2.00 bits per heavy atom. The third kappa shape index (κ3) is 1.58. The van der Waals surface area contributed by atoms with Crippen molar-refractivity contribution in [3.05, 3.63) is 21.3 Å². The second-order valence-electron chi connectivity index (χ2n) is 1.78. The number of halogens is 2. The van der Waals surface area contributed by atoms with Gasteiger partial charge in [-0.15, -0.1) is 0 Å². The van der Waals surface area contributed by atoms with E-state index >= 15 is 0 Å². The normalized spacial score (nSPS) is 10.1. The number of nitrogens with zero attached hydrogens (tertiary/aromatic N) is 1. The van der Waals surface area contributed by atoms with Gasteiger partial charge in [-0.3, -0.25) is 0 Å². The van der Waals surface area contributed by atoms with Crippen molar-refractivity contribution >= 4 is 31.9 Å². The van der Waals surface area contributed by atoms with Crippen molar-refractivity contribution in [2.45, 2.75) is 13.5 Å². The summed E-state index contributed by atoms with van der Waals surface area (Å²) in [5, 5.41) is 0. The summed E-state index contributed by atoms with van der Waals surface area (Å²) in [5.74, 6) is 0. The molecule has 0 aliphatic heterocycles. The fourth-order valence-corrected chi connectivity index (χ4v) is 1.37. The van der Waals surface area contributed by atoms with Gasteiger partial charge in [0.05, 0.1) is 0 Å². The molecule has 0 saturated heterocycles. The van der Waals surface area contributed by atoms with Crippen LogP contribution in [0, 0.1) is 0 Å². The number of rotatable bonds is 1. The van der Waals surface area contributed by atoms with Crippen LogP contribution in [0.3, 0.4) is 0 Å². The Morgan fingerprint density at radius 2 is 1.78 bits per heavy atom. The lowest BCUT2D eigenvalue weighted by molar-refractivity contribution is 0.767. The van der Waals surface area contributed by atoms with E-state index in [1.165, 1.54) is 0 Å². The fourth-order valence-electron chi connectivity index (χ4n) is 0.634. The molecule has 50 valence electrons. The highest BCUT2D eigenvalue weighted by Crippen LogP contribution is 2.23. The molecule has 1 rings (SSSR count). The second-order valence-corrected chi connectivity index (χ2v) is 3.49. The smallest absolute Gasteiger partial charge is 0.0494 e. The minimum Gasteiger partial charge on any atom is -0.352 e. The summed E-state index contributed by atoms with van der Waals surface area (Å²) in [4.78, 5) is 0. The van der Waals surface area contributed by atoms with Crippen LogP contribution in [0.2, 0.25) is 0 Å². The van der Waals surface area contributed by atoms with Gasteiger partial charge in [-0.1, -0.05) is 0 Å². The molecular weight excluding hydrogens is 246 g/mol. The predicted octanol–water partition coefficient (Wildman–Crippen LogP) is 3.03. The van der Waals surface area contributed by atoms with Crippen molar-refractivity contribution in [1.82, 2.24) is 4.57 Å². The van der Waals surface area contributed by atoms with Crippen LogP contribution in [0.1, 0.15) is 6.92 Å². The Morgan fingerprint density at radius 1 is 1.33 bits per heavy atom. The maximum Gasteiger partial charge on any atom is 0.0494 e. The summed E-state index contributed by atoms with van der Waals surface area (Å²) in [6.45, 7) is 3.13. The van der Waals surface area contributed by atoms with Crippen LogP contribution in [-0.2, 0) is 6.54 Å². The van der Waals surface area contributed by atoms with E-state index in [0.29, 0.717) is 0 Å². The first-order valence-corrected chi connectivity index (χ1v) is 4.33. The Bertz CT molecular complexity index is 185. The van der Waals surface area contributed by atoms with E-state index in [0.717, 1.165) is 15.5 Å². The summed E-state index contributed by atoms with van der Waals surface area (Å²) >= 11 is 6.78. The zero-order chi connectivity index (χ0) is 6.85. The first-order valence-electron chi connectivity index (χ1n) is 2.75. The fraction of sp³-hybridized carbons (Fsp3) is 0.333. The van der Waals surface area contributed by atoms with Gasteiger partial charge >= 0.3 is 0 Å². The molecule has 0 bridgehead atoms. The molecular formula is C6H7Br2N. The van der Waals surface area contributed by atoms with Gasteiger partial charge in [0, 0.05) is 27.9 Å². The number of hydrogen-bond acceptors (Lipinski definition) is 0. The van der Waals surface area contributed by atoms with E-state index in [9.17, 15) is 0 Å². The van der Waals surface area contributed by atoms with Gasteiger partial charge < -0.3 is 4.57 Å². The van der Waals surface area contributed by atoms with Crippen LogP contribution < -0.4 is 0 Å². The Hall–Kier alpha value is 0.240. The number of hydrogen-bond donors (Lipinski definition) is 0. The van der Waals surface area contributed by atoms with Crippen LogP contribution in [0.25, 0.3) is 0 Å². The third-order valence-electron chi connectivity index (χ3n) is 1.15. The van der Waals surface area contributed by atoms with Gasteiger partial charge in [-0.25, -0.2) is 0 Å². The topological polar surface area (TPSA) is 4.93 Å². The molecule has 1 nitrogen and oxygen atoms in total. The molecule has 1 aromatic heterocycles. The SMILES string of the molecule is CCn1cc(Br)c(Br)c1. The minimum absolute atomic E-state index is 1.02. The maximum absolute atomic E-state index is 3.39. The van der Waals surface area contributed by atoms with Crippen molar-refractivity contribution in [3.63, 3.8) is 0 Å². The molecule has 0 N–H and O–H groups in total. The zero-order valence-electron chi connectivity index (χ0n) is 5.06. The summed E-state index contributed by atoms with van der Waals surface area (Å²) in [7, 11) is 0. The molecule has 0 fully saturated rings. The van der Waals surface area contributed by atoms with E-state index in [4.69, 9.17) is 0 Å². The Balaban J connectivity index is 2.98. The molecule has 0 radical (unpaired) electrons. The zero-order valence-corrected chi connectivity index (χ0v) is 8.24. The van der Waals surface area contributed by atoms with E-state index in [2.05, 4.69) is 43.4 Å². The van der Waals surface area contributed by atoms with Gasteiger partial charge in [-0.2, -0.15) is 0 Å². The first-order chi connectivity index (χ1) is 4.24. The largest absolute Gasteiger partial charge is 0.352 e. The van der Waals surface area contributed by atoms with E-state index in [-0.39, 0.29) is 0 Å². The van der Waals surface area contributed by atoms with Crippen LogP contribution in [0.5, 0.6) is 0 Å². The minimum atomic E-state index is 1.02. The molecule has 0 unspecified atom stereocenters.